The van der Waals surface area contributed by atoms with Gasteiger partial charge in [0.25, 0.3) is 0 Å². The SMILES string of the molecule is C#CC(=O)C(CCC)OCC. The fourth-order valence-corrected chi connectivity index (χ4v) is 0.846. The summed E-state index contributed by atoms with van der Waals surface area (Å²) in [7, 11) is 0. The lowest BCUT2D eigenvalue weighted by molar-refractivity contribution is -0.124. The Labute approximate surface area is 67.9 Å². The van der Waals surface area contributed by atoms with E-state index in [9.17, 15) is 4.79 Å². The highest BCUT2D eigenvalue weighted by molar-refractivity contribution is 5.98. The molecule has 0 rings (SSSR count). The zero-order chi connectivity index (χ0) is 8.69. The fourth-order valence-electron chi connectivity index (χ4n) is 0.846. The number of hydrogen-bond donors (Lipinski definition) is 0. The second-order valence-corrected chi connectivity index (χ2v) is 2.24. The van der Waals surface area contributed by atoms with Crippen molar-refractivity contribution >= 4 is 5.78 Å². The summed E-state index contributed by atoms with van der Waals surface area (Å²) < 4.78 is 5.14. The van der Waals surface area contributed by atoms with Gasteiger partial charge < -0.3 is 4.74 Å². The highest BCUT2D eigenvalue weighted by atomic mass is 16.5. The maximum Gasteiger partial charge on any atom is 0.233 e. The summed E-state index contributed by atoms with van der Waals surface area (Å²) in [5.41, 5.74) is 0. The summed E-state index contributed by atoms with van der Waals surface area (Å²) >= 11 is 0. The van der Waals surface area contributed by atoms with Gasteiger partial charge in [-0.1, -0.05) is 13.3 Å². The third-order valence-electron chi connectivity index (χ3n) is 1.35. The minimum Gasteiger partial charge on any atom is -0.370 e. The third kappa shape index (κ3) is 3.79. The predicted octanol–water partition coefficient (Wildman–Crippen LogP) is 1.39. The van der Waals surface area contributed by atoms with Crippen molar-refractivity contribution in [2.24, 2.45) is 0 Å². The molecule has 0 saturated heterocycles. The molecule has 0 radical (unpaired) electrons. The maximum atomic E-state index is 10.9. The summed E-state index contributed by atoms with van der Waals surface area (Å²) in [6.07, 6.45) is 6.21. The second kappa shape index (κ2) is 5.94. The van der Waals surface area contributed by atoms with Crippen LogP contribution in [0.5, 0.6) is 0 Å². The van der Waals surface area contributed by atoms with Gasteiger partial charge in [0.2, 0.25) is 5.78 Å². The highest BCUT2D eigenvalue weighted by Crippen LogP contribution is 2.02. The van der Waals surface area contributed by atoms with E-state index >= 15 is 0 Å². The molecule has 1 unspecified atom stereocenters. The van der Waals surface area contributed by atoms with Crippen LogP contribution in [0.15, 0.2) is 0 Å². The Bertz CT molecular complexity index is 149. The van der Waals surface area contributed by atoms with E-state index in [1.807, 2.05) is 13.8 Å². The smallest absolute Gasteiger partial charge is 0.233 e. The van der Waals surface area contributed by atoms with Crippen molar-refractivity contribution in [3.8, 4) is 12.3 Å². The molecular weight excluding hydrogens is 140 g/mol. The lowest BCUT2D eigenvalue weighted by atomic mass is 10.1. The monoisotopic (exact) mass is 154 g/mol. The van der Waals surface area contributed by atoms with Gasteiger partial charge in [0, 0.05) is 6.61 Å². The minimum atomic E-state index is -0.380. The van der Waals surface area contributed by atoms with Crippen LogP contribution in [0.25, 0.3) is 0 Å². The van der Waals surface area contributed by atoms with Crippen LogP contribution in [0.4, 0.5) is 0 Å². The van der Waals surface area contributed by atoms with Gasteiger partial charge in [-0.05, 0) is 19.3 Å². The Morgan fingerprint density at radius 2 is 2.27 bits per heavy atom. The Kier molecular flexibility index (Phi) is 5.50. The Morgan fingerprint density at radius 1 is 1.64 bits per heavy atom. The molecule has 62 valence electrons. The zero-order valence-electron chi connectivity index (χ0n) is 7.09. The lowest BCUT2D eigenvalue weighted by Crippen LogP contribution is -2.22. The normalized spacial score (nSPS) is 12.1. The topological polar surface area (TPSA) is 26.3 Å². The van der Waals surface area contributed by atoms with Gasteiger partial charge in [-0.2, -0.15) is 0 Å². The average molecular weight is 154 g/mol. The van der Waals surface area contributed by atoms with Crippen LogP contribution >= 0.6 is 0 Å². The molecule has 0 bridgehead atoms. The molecule has 0 aromatic heterocycles. The number of hydrogen-bond acceptors (Lipinski definition) is 2. The van der Waals surface area contributed by atoms with Crippen molar-refractivity contribution in [2.75, 3.05) is 6.61 Å². The fraction of sp³-hybridized carbons (Fsp3) is 0.667. The summed E-state index contributed by atoms with van der Waals surface area (Å²) in [4.78, 5) is 10.9. The standard InChI is InChI=1S/C9H14O2/c1-4-7-9(11-6-3)8(10)5-2/h2,9H,4,6-7H2,1,3H3. The van der Waals surface area contributed by atoms with Crippen LogP contribution in [0.3, 0.4) is 0 Å². The number of terminal acetylenes is 1. The van der Waals surface area contributed by atoms with Crippen LogP contribution in [0, 0.1) is 12.3 Å². The van der Waals surface area contributed by atoms with Gasteiger partial charge in [-0.3, -0.25) is 4.79 Å². The maximum absolute atomic E-state index is 10.9. The van der Waals surface area contributed by atoms with Crippen LogP contribution in [-0.2, 0) is 9.53 Å². The first-order valence-electron chi connectivity index (χ1n) is 3.88. The van der Waals surface area contributed by atoms with Crippen molar-refractivity contribution in [1.29, 1.82) is 0 Å². The first kappa shape index (κ1) is 10.2. The van der Waals surface area contributed by atoms with E-state index in [-0.39, 0.29) is 11.9 Å². The van der Waals surface area contributed by atoms with E-state index in [0.717, 1.165) is 12.8 Å². The van der Waals surface area contributed by atoms with E-state index in [4.69, 9.17) is 11.2 Å². The molecular formula is C9H14O2. The van der Waals surface area contributed by atoms with Crippen molar-refractivity contribution in [3.63, 3.8) is 0 Å². The Hall–Kier alpha value is -0.810. The van der Waals surface area contributed by atoms with Crippen LogP contribution < -0.4 is 0 Å². The van der Waals surface area contributed by atoms with Crippen molar-refractivity contribution in [3.05, 3.63) is 0 Å². The summed E-state index contributed by atoms with van der Waals surface area (Å²) in [6.45, 7) is 4.39. The molecule has 2 heteroatoms. The van der Waals surface area contributed by atoms with Crippen LogP contribution in [0.1, 0.15) is 26.7 Å². The van der Waals surface area contributed by atoms with Gasteiger partial charge in [0.1, 0.15) is 6.10 Å². The third-order valence-corrected chi connectivity index (χ3v) is 1.35. The van der Waals surface area contributed by atoms with Crippen LogP contribution in [-0.4, -0.2) is 18.5 Å². The molecule has 0 aliphatic heterocycles. The molecule has 0 amide bonds. The minimum absolute atomic E-state index is 0.242. The van der Waals surface area contributed by atoms with Gasteiger partial charge in [-0.25, -0.2) is 0 Å². The predicted molar refractivity (Wildman–Crippen MR) is 44.2 cm³/mol. The molecule has 0 aliphatic carbocycles. The van der Waals surface area contributed by atoms with Gasteiger partial charge in [-0.15, -0.1) is 6.42 Å². The number of Topliss-reactive ketones (excluding diaryl/α,β-unsaturated/α-hetero) is 1. The first-order valence-corrected chi connectivity index (χ1v) is 3.88. The van der Waals surface area contributed by atoms with E-state index in [1.54, 1.807) is 0 Å². The zero-order valence-corrected chi connectivity index (χ0v) is 7.09. The number of ketones is 1. The van der Waals surface area contributed by atoms with Gasteiger partial charge in [0.15, 0.2) is 0 Å². The van der Waals surface area contributed by atoms with E-state index < -0.39 is 0 Å². The van der Waals surface area contributed by atoms with Crippen LogP contribution in [0.2, 0.25) is 0 Å². The molecule has 0 spiro atoms. The molecule has 0 heterocycles. The molecule has 0 saturated carbocycles. The first-order chi connectivity index (χ1) is 5.26. The van der Waals surface area contributed by atoms with Gasteiger partial charge in [0.05, 0.1) is 0 Å². The summed E-state index contributed by atoms with van der Waals surface area (Å²) in [5, 5.41) is 0. The molecule has 0 aromatic carbocycles. The number of ether oxygens (including phenoxy) is 1. The number of carbonyl (C=O) groups is 1. The quantitative estimate of drug-likeness (QED) is 0.442. The molecule has 1 atom stereocenters. The van der Waals surface area contributed by atoms with E-state index in [0.29, 0.717) is 6.61 Å². The second-order valence-electron chi connectivity index (χ2n) is 2.24. The molecule has 11 heavy (non-hydrogen) atoms. The molecule has 0 aliphatic rings. The number of rotatable bonds is 5. The summed E-state index contributed by atoms with van der Waals surface area (Å²) in [6, 6.07) is 0. The Morgan fingerprint density at radius 3 is 2.64 bits per heavy atom. The largest absolute Gasteiger partial charge is 0.370 e. The number of carbonyl (C=O) groups excluding carboxylic acids is 1. The van der Waals surface area contributed by atoms with Crippen molar-refractivity contribution in [2.45, 2.75) is 32.8 Å². The molecule has 2 nitrogen and oxygen atoms in total. The van der Waals surface area contributed by atoms with E-state index in [2.05, 4.69) is 5.92 Å². The lowest BCUT2D eigenvalue weighted by Gasteiger charge is -2.10. The summed E-state index contributed by atoms with van der Waals surface area (Å²) in [5.74, 6) is 1.83. The van der Waals surface area contributed by atoms with Gasteiger partial charge >= 0.3 is 0 Å². The Balaban J connectivity index is 3.89. The highest BCUT2D eigenvalue weighted by Gasteiger charge is 2.14. The van der Waals surface area contributed by atoms with Crippen molar-refractivity contribution < 1.29 is 9.53 Å². The van der Waals surface area contributed by atoms with Crippen molar-refractivity contribution in [1.82, 2.24) is 0 Å². The molecule has 0 aromatic rings. The molecule has 0 N–H and O–H groups in total. The molecule has 0 fully saturated rings. The van der Waals surface area contributed by atoms with E-state index in [1.165, 1.54) is 0 Å². The average Bonchev–Trinajstić information content (AvgIpc) is 2.03.